The second-order valence-corrected chi connectivity index (χ2v) is 12.4. The predicted molar refractivity (Wildman–Crippen MR) is 200 cm³/mol. The molecular weight excluding hydrogens is 569 g/mol. The van der Waals surface area contributed by atoms with Gasteiger partial charge in [-0.25, -0.2) is 0 Å². The molecule has 0 unspecified atom stereocenters. The van der Waals surface area contributed by atoms with Gasteiger partial charge in [-0.3, -0.25) is 0 Å². The lowest BCUT2D eigenvalue weighted by Gasteiger charge is -2.17. The van der Waals surface area contributed by atoms with E-state index in [0.29, 0.717) is 0 Å². The molecule has 0 aliphatic carbocycles. The molecule has 1 heteroatoms. The van der Waals surface area contributed by atoms with E-state index in [1.54, 1.807) is 0 Å². The fraction of sp³-hybridized carbons (Fsp3) is 0. The summed E-state index contributed by atoms with van der Waals surface area (Å²) in [7, 11) is 0. The number of furan rings is 1. The first-order valence-corrected chi connectivity index (χ1v) is 16.2. The lowest BCUT2D eigenvalue weighted by atomic mass is 9.86. The normalized spacial score (nSPS) is 11.8. The summed E-state index contributed by atoms with van der Waals surface area (Å²) in [4.78, 5) is 0. The number of rotatable bonds is 3. The third-order valence-corrected chi connectivity index (χ3v) is 9.86. The van der Waals surface area contributed by atoms with Crippen LogP contribution in [0.4, 0.5) is 0 Å². The summed E-state index contributed by atoms with van der Waals surface area (Å²) >= 11 is 0. The van der Waals surface area contributed by atoms with Gasteiger partial charge < -0.3 is 4.42 Å². The molecule has 0 aliphatic rings. The van der Waals surface area contributed by atoms with Crippen molar-refractivity contribution in [2.24, 2.45) is 0 Å². The maximum absolute atomic E-state index is 6.38. The molecule has 0 saturated heterocycles. The van der Waals surface area contributed by atoms with Gasteiger partial charge in [0.05, 0.1) is 0 Å². The van der Waals surface area contributed by atoms with E-state index in [1.807, 2.05) is 0 Å². The zero-order chi connectivity index (χ0) is 30.9. The summed E-state index contributed by atoms with van der Waals surface area (Å²) in [5.74, 6) is 0. The molecule has 10 aromatic rings. The minimum Gasteiger partial charge on any atom is -0.456 e. The van der Waals surface area contributed by atoms with Gasteiger partial charge in [0.25, 0.3) is 0 Å². The summed E-state index contributed by atoms with van der Waals surface area (Å²) in [6, 6.07) is 61.6. The quantitative estimate of drug-likeness (QED) is 0.146. The Morgan fingerprint density at radius 1 is 0.298 bits per heavy atom. The van der Waals surface area contributed by atoms with Crippen LogP contribution in [0.2, 0.25) is 0 Å². The van der Waals surface area contributed by atoms with Crippen LogP contribution in [0.5, 0.6) is 0 Å². The molecule has 0 bridgehead atoms. The molecule has 218 valence electrons. The zero-order valence-electron chi connectivity index (χ0n) is 25.6. The molecule has 0 N–H and O–H groups in total. The lowest BCUT2D eigenvalue weighted by Crippen LogP contribution is -1.90. The first-order chi connectivity index (χ1) is 23.3. The Labute approximate surface area is 271 Å². The van der Waals surface area contributed by atoms with Crippen LogP contribution in [-0.2, 0) is 0 Å². The predicted octanol–water partition coefficient (Wildman–Crippen LogP) is 13.2. The molecule has 0 spiro atoms. The highest BCUT2D eigenvalue weighted by Gasteiger charge is 2.17. The maximum atomic E-state index is 6.38. The molecule has 1 aromatic heterocycles. The van der Waals surface area contributed by atoms with Crippen molar-refractivity contribution in [2.45, 2.75) is 0 Å². The van der Waals surface area contributed by atoms with Gasteiger partial charge in [0.1, 0.15) is 11.2 Å². The highest BCUT2D eigenvalue weighted by Crippen LogP contribution is 2.44. The Morgan fingerprint density at radius 3 is 1.68 bits per heavy atom. The van der Waals surface area contributed by atoms with Crippen LogP contribution < -0.4 is 0 Å². The Bertz CT molecular complexity index is 2830. The van der Waals surface area contributed by atoms with Gasteiger partial charge in [-0.2, -0.15) is 0 Å². The van der Waals surface area contributed by atoms with Crippen molar-refractivity contribution in [1.82, 2.24) is 0 Å². The van der Waals surface area contributed by atoms with Crippen LogP contribution in [0.15, 0.2) is 174 Å². The number of hydrogen-bond donors (Lipinski definition) is 0. The monoisotopic (exact) mass is 596 g/mol. The molecule has 0 saturated carbocycles. The highest BCUT2D eigenvalue weighted by atomic mass is 16.3. The highest BCUT2D eigenvalue weighted by molar-refractivity contribution is 6.23. The van der Waals surface area contributed by atoms with Gasteiger partial charge in [0.2, 0.25) is 0 Å². The topological polar surface area (TPSA) is 13.1 Å². The van der Waals surface area contributed by atoms with Crippen LogP contribution in [-0.4, -0.2) is 0 Å². The molecule has 0 aliphatic heterocycles. The minimum absolute atomic E-state index is 0.915. The largest absolute Gasteiger partial charge is 0.456 e. The Balaban J connectivity index is 1.17. The summed E-state index contributed by atoms with van der Waals surface area (Å²) in [6.45, 7) is 0. The average molecular weight is 597 g/mol. The molecule has 10 rings (SSSR count). The van der Waals surface area contributed by atoms with Crippen molar-refractivity contribution in [3.05, 3.63) is 170 Å². The van der Waals surface area contributed by atoms with Crippen molar-refractivity contribution >= 4 is 65.0 Å². The third kappa shape index (κ3) is 3.97. The summed E-state index contributed by atoms with van der Waals surface area (Å²) in [6.07, 6.45) is 0. The van der Waals surface area contributed by atoms with Crippen molar-refractivity contribution in [1.29, 1.82) is 0 Å². The summed E-state index contributed by atoms with van der Waals surface area (Å²) in [5.41, 5.74) is 9.14. The van der Waals surface area contributed by atoms with E-state index in [-0.39, 0.29) is 0 Å². The Morgan fingerprint density at radius 2 is 0.872 bits per heavy atom. The fourth-order valence-corrected chi connectivity index (χ4v) is 7.72. The van der Waals surface area contributed by atoms with Gasteiger partial charge >= 0.3 is 0 Å². The van der Waals surface area contributed by atoms with E-state index in [4.69, 9.17) is 4.42 Å². The van der Waals surface area contributed by atoms with Crippen LogP contribution in [0, 0.1) is 0 Å². The first kappa shape index (κ1) is 26.1. The Hall–Kier alpha value is -6.18. The van der Waals surface area contributed by atoms with Crippen molar-refractivity contribution in [2.75, 3.05) is 0 Å². The van der Waals surface area contributed by atoms with Crippen molar-refractivity contribution in [3.63, 3.8) is 0 Å². The van der Waals surface area contributed by atoms with E-state index in [9.17, 15) is 0 Å². The summed E-state index contributed by atoms with van der Waals surface area (Å²) in [5, 5.41) is 12.4. The molecule has 47 heavy (non-hydrogen) atoms. The van der Waals surface area contributed by atoms with E-state index in [0.717, 1.165) is 11.2 Å². The molecule has 0 radical (unpaired) electrons. The second kappa shape index (κ2) is 10.2. The lowest BCUT2D eigenvalue weighted by molar-refractivity contribution is 0.669. The van der Waals surface area contributed by atoms with Crippen LogP contribution in [0.3, 0.4) is 0 Å². The molecule has 1 nitrogen and oxygen atoms in total. The van der Waals surface area contributed by atoms with E-state index in [2.05, 4.69) is 170 Å². The zero-order valence-corrected chi connectivity index (χ0v) is 25.6. The SMILES string of the molecule is c1ccc(-c2c3ccccc3cc3c2ccc2ccccc23)c(-c2ccc(-c3cccc4oc5ccc6ccccc6c5c34)cc2)c1. The maximum Gasteiger partial charge on any atom is 0.136 e. The van der Waals surface area contributed by atoms with Crippen LogP contribution >= 0.6 is 0 Å². The average Bonchev–Trinajstić information content (AvgIpc) is 3.54. The van der Waals surface area contributed by atoms with Crippen LogP contribution in [0.1, 0.15) is 0 Å². The number of fused-ring (bicyclic) bond motifs is 9. The smallest absolute Gasteiger partial charge is 0.136 e. The molecule has 0 amide bonds. The molecule has 0 atom stereocenters. The molecular formula is C46H28O. The van der Waals surface area contributed by atoms with E-state index in [1.165, 1.54) is 87.2 Å². The van der Waals surface area contributed by atoms with Crippen LogP contribution in [0.25, 0.3) is 98.4 Å². The standard InChI is InChI=1S/C46H28O/c1-4-14-35-29(10-1)24-26-40-41(35)28-33-12-3-6-16-38(33)44(40)39-17-8-7-13-34(39)31-20-22-32(23-21-31)37-18-9-19-42-45(37)46-36-15-5-2-11-30(36)25-27-43(46)47-42/h1-28H. The van der Waals surface area contributed by atoms with Crippen molar-refractivity contribution in [3.8, 4) is 33.4 Å². The molecule has 1 heterocycles. The van der Waals surface area contributed by atoms with Gasteiger partial charge in [0, 0.05) is 10.8 Å². The fourth-order valence-electron chi connectivity index (χ4n) is 7.72. The first-order valence-electron chi connectivity index (χ1n) is 16.2. The second-order valence-electron chi connectivity index (χ2n) is 12.4. The summed E-state index contributed by atoms with van der Waals surface area (Å²) < 4.78 is 6.38. The number of benzene rings is 9. The Kier molecular flexibility index (Phi) is 5.64. The molecule has 0 fully saturated rings. The van der Waals surface area contributed by atoms with Crippen molar-refractivity contribution < 1.29 is 4.42 Å². The number of hydrogen-bond acceptors (Lipinski definition) is 1. The van der Waals surface area contributed by atoms with Gasteiger partial charge in [0.15, 0.2) is 0 Å². The van der Waals surface area contributed by atoms with Gasteiger partial charge in [-0.1, -0.05) is 152 Å². The third-order valence-electron chi connectivity index (χ3n) is 9.86. The minimum atomic E-state index is 0.915. The molecule has 9 aromatic carbocycles. The van der Waals surface area contributed by atoms with Gasteiger partial charge in [-0.05, 0) is 94.7 Å². The van der Waals surface area contributed by atoms with Gasteiger partial charge in [-0.15, -0.1) is 0 Å². The van der Waals surface area contributed by atoms with E-state index < -0.39 is 0 Å². The van der Waals surface area contributed by atoms with E-state index >= 15 is 0 Å².